The molecule has 0 saturated heterocycles. The Morgan fingerprint density at radius 2 is 2.25 bits per heavy atom. The summed E-state index contributed by atoms with van der Waals surface area (Å²) in [5.41, 5.74) is 0.886. The fourth-order valence-corrected chi connectivity index (χ4v) is 3.26. The Balaban J connectivity index is 1.96. The van der Waals surface area contributed by atoms with Crippen LogP contribution in [-0.4, -0.2) is 39.2 Å². The molecule has 0 amide bonds. The van der Waals surface area contributed by atoms with Crippen molar-refractivity contribution in [1.29, 1.82) is 0 Å². The second-order valence-corrected chi connectivity index (χ2v) is 6.91. The summed E-state index contributed by atoms with van der Waals surface area (Å²) in [5.74, 6) is 0. The maximum atomic E-state index is 12.2. The van der Waals surface area contributed by atoms with Crippen LogP contribution in [0, 0.1) is 0 Å². The maximum Gasteiger partial charge on any atom is 0.242 e. The van der Waals surface area contributed by atoms with Crippen LogP contribution in [0.3, 0.4) is 0 Å². The van der Waals surface area contributed by atoms with Gasteiger partial charge >= 0.3 is 0 Å². The van der Waals surface area contributed by atoms with Gasteiger partial charge in [0.1, 0.15) is 0 Å². The van der Waals surface area contributed by atoms with Crippen LogP contribution < -0.4 is 10.0 Å². The molecule has 7 heteroatoms. The Labute approximate surface area is 120 Å². The molecule has 0 spiro atoms. The smallest absolute Gasteiger partial charge is 0.242 e. The predicted molar refractivity (Wildman–Crippen MR) is 76.9 cm³/mol. The predicted octanol–water partition coefficient (Wildman–Crippen LogP) is 0.970. The number of H-pyrrole nitrogens is 1. The lowest BCUT2D eigenvalue weighted by Crippen LogP contribution is -2.37. The lowest BCUT2D eigenvalue weighted by molar-refractivity contribution is 0.173. The van der Waals surface area contributed by atoms with Gasteiger partial charge in [-0.25, -0.2) is 13.1 Å². The first-order valence-corrected chi connectivity index (χ1v) is 8.45. The normalized spacial score (nSPS) is 17.3. The van der Waals surface area contributed by atoms with Crippen LogP contribution in [0.4, 0.5) is 0 Å². The topological polar surface area (TPSA) is 83.2 Å². The van der Waals surface area contributed by atoms with Gasteiger partial charge in [0.15, 0.2) is 0 Å². The molecule has 0 aromatic carbocycles. The number of aromatic amines is 1. The number of hydrogen-bond acceptors (Lipinski definition) is 4. The van der Waals surface area contributed by atoms with Crippen molar-refractivity contribution in [2.75, 3.05) is 13.7 Å². The maximum absolute atomic E-state index is 12.2. The van der Waals surface area contributed by atoms with Crippen molar-refractivity contribution >= 4 is 10.0 Å². The third kappa shape index (κ3) is 4.31. The van der Waals surface area contributed by atoms with E-state index in [1.807, 2.05) is 6.92 Å². The van der Waals surface area contributed by atoms with E-state index in [2.05, 4.69) is 15.0 Å². The highest BCUT2D eigenvalue weighted by Gasteiger charge is 2.22. The lowest BCUT2D eigenvalue weighted by atomic mass is 10.3. The molecule has 3 N–H and O–H groups in total. The zero-order chi connectivity index (χ0) is 14.6. The van der Waals surface area contributed by atoms with E-state index in [1.54, 1.807) is 13.2 Å². The Kier molecular flexibility index (Phi) is 5.20. The molecule has 1 aliphatic rings. The fraction of sp³-hybridized carbons (Fsp3) is 0.692. The molecule has 1 aromatic rings. The van der Waals surface area contributed by atoms with Gasteiger partial charge in [-0.05, 0) is 25.3 Å². The first kappa shape index (κ1) is 15.5. The molecule has 20 heavy (non-hydrogen) atoms. The molecule has 1 unspecified atom stereocenters. The second-order valence-electron chi connectivity index (χ2n) is 5.20. The van der Waals surface area contributed by atoms with Crippen molar-refractivity contribution < 1.29 is 13.2 Å². The largest absolute Gasteiger partial charge is 0.383 e. The highest BCUT2D eigenvalue weighted by molar-refractivity contribution is 7.89. The molecule has 1 fully saturated rings. The molecular weight excluding hydrogens is 278 g/mol. The van der Waals surface area contributed by atoms with E-state index in [0.717, 1.165) is 5.69 Å². The molecule has 1 aliphatic carbocycles. The quantitative estimate of drug-likeness (QED) is 0.634. The molecule has 0 aliphatic heterocycles. The van der Waals surface area contributed by atoms with Gasteiger partial charge in [-0.3, -0.25) is 0 Å². The number of ether oxygens (including phenoxy) is 1. The van der Waals surface area contributed by atoms with Gasteiger partial charge in [-0.15, -0.1) is 0 Å². The average Bonchev–Trinajstić information content (AvgIpc) is 3.11. The van der Waals surface area contributed by atoms with E-state index in [4.69, 9.17) is 4.74 Å². The molecular formula is C13H23N3O3S. The molecule has 2 rings (SSSR count). The van der Waals surface area contributed by atoms with Crippen molar-refractivity contribution in [3.63, 3.8) is 0 Å². The van der Waals surface area contributed by atoms with Crippen LogP contribution in [0.2, 0.25) is 0 Å². The van der Waals surface area contributed by atoms with Crippen molar-refractivity contribution in [3.8, 4) is 0 Å². The highest BCUT2D eigenvalue weighted by atomic mass is 32.2. The van der Waals surface area contributed by atoms with Crippen LogP contribution in [-0.2, 0) is 21.3 Å². The van der Waals surface area contributed by atoms with Gasteiger partial charge in [0.25, 0.3) is 0 Å². The first-order valence-electron chi connectivity index (χ1n) is 6.97. The van der Waals surface area contributed by atoms with Gasteiger partial charge in [-0.1, -0.05) is 6.92 Å². The Hall–Kier alpha value is -0.890. The molecule has 114 valence electrons. The summed E-state index contributed by atoms with van der Waals surface area (Å²) in [7, 11) is -1.92. The van der Waals surface area contributed by atoms with E-state index in [0.29, 0.717) is 25.6 Å². The minimum atomic E-state index is -3.48. The van der Waals surface area contributed by atoms with Crippen molar-refractivity contribution in [2.24, 2.45) is 0 Å². The number of nitrogens with one attached hydrogen (secondary N) is 3. The van der Waals surface area contributed by atoms with E-state index in [1.165, 1.54) is 19.0 Å². The number of hydrogen-bond donors (Lipinski definition) is 3. The molecule has 1 saturated carbocycles. The lowest BCUT2D eigenvalue weighted by Gasteiger charge is -2.15. The summed E-state index contributed by atoms with van der Waals surface area (Å²) in [6, 6.07) is 2.08. The van der Waals surface area contributed by atoms with Gasteiger partial charge in [-0.2, -0.15) is 0 Å². The third-order valence-electron chi connectivity index (χ3n) is 3.37. The molecule has 1 atom stereocenters. The zero-order valence-corrected chi connectivity index (χ0v) is 12.8. The van der Waals surface area contributed by atoms with E-state index < -0.39 is 10.0 Å². The van der Waals surface area contributed by atoms with Crippen LogP contribution in [0.25, 0.3) is 0 Å². The molecule has 0 radical (unpaired) electrons. The van der Waals surface area contributed by atoms with Crippen molar-refractivity contribution in [3.05, 3.63) is 18.0 Å². The number of methoxy groups -OCH3 is 1. The second kappa shape index (κ2) is 6.71. The molecule has 0 bridgehead atoms. The Morgan fingerprint density at radius 1 is 1.50 bits per heavy atom. The fourth-order valence-electron chi connectivity index (χ4n) is 1.94. The summed E-state index contributed by atoms with van der Waals surface area (Å²) in [6.45, 7) is 2.97. The van der Waals surface area contributed by atoms with Gasteiger partial charge in [0.2, 0.25) is 10.0 Å². The van der Waals surface area contributed by atoms with Gasteiger partial charge < -0.3 is 15.0 Å². The minimum absolute atomic E-state index is 0.201. The minimum Gasteiger partial charge on any atom is -0.383 e. The standard InChI is InChI=1S/C13H23N3O3S/c1-3-10(9-19-2)16-20(17,18)13-6-12(15-8-13)7-14-11-4-5-11/h6,8,10-11,14-16H,3-5,7,9H2,1-2H3. The van der Waals surface area contributed by atoms with Crippen LogP contribution in [0.1, 0.15) is 31.9 Å². The first-order chi connectivity index (χ1) is 9.55. The van der Waals surface area contributed by atoms with E-state index in [9.17, 15) is 8.42 Å². The summed E-state index contributed by atoms with van der Waals surface area (Å²) in [6.07, 6.45) is 4.64. The third-order valence-corrected chi connectivity index (χ3v) is 4.87. The number of rotatable bonds is 9. The monoisotopic (exact) mass is 301 g/mol. The van der Waals surface area contributed by atoms with Crippen molar-refractivity contribution in [1.82, 2.24) is 15.0 Å². The van der Waals surface area contributed by atoms with Crippen LogP contribution >= 0.6 is 0 Å². The van der Waals surface area contributed by atoms with Crippen molar-refractivity contribution in [2.45, 2.75) is 49.7 Å². The summed E-state index contributed by atoms with van der Waals surface area (Å²) < 4.78 is 32.1. The average molecular weight is 301 g/mol. The number of aromatic nitrogens is 1. The Bertz CT molecular complexity index is 523. The van der Waals surface area contributed by atoms with E-state index >= 15 is 0 Å². The Morgan fingerprint density at radius 3 is 2.85 bits per heavy atom. The summed E-state index contributed by atoms with van der Waals surface area (Å²) in [4.78, 5) is 3.28. The molecule has 6 nitrogen and oxygen atoms in total. The summed E-state index contributed by atoms with van der Waals surface area (Å²) >= 11 is 0. The van der Waals surface area contributed by atoms with Gasteiger partial charge in [0.05, 0.1) is 11.5 Å². The van der Waals surface area contributed by atoms with Crippen LogP contribution in [0.15, 0.2) is 17.2 Å². The summed E-state index contributed by atoms with van der Waals surface area (Å²) in [5, 5.41) is 3.34. The van der Waals surface area contributed by atoms with Gasteiger partial charge in [0, 0.05) is 37.6 Å². The number of sulfonamides is 1. The van der Waals surface area contributed by atoms with E-state index in [-0.39, 0.29) is 10.9 Å². The zero-order valence-electron chi connectivity index (χ0n) is 12.0. The molecule has 1 heterocycles. The SMILES string of the molecule is CCC(COC)NS(=O)(=O)c1c[nH]c(CNC2CC2)c1. The molecule has 1 aromatic heterocycles. The van der Waals surface area contributed by atoms with Crippen LogP contribution in [0.5, 0.6) is 0 Å². The highest BCUT2D eigenvalue weighted by Crippen LogP contribution is 2.19.